The van der Waals surface area contributed by atoms with Gasteiger partial charge in [0.25, 0.3) is 0 Å². The molecule has 1 aliphatic carbocycles. The summed E-state index contributed by atoms with van der Waals surface area (Å²) in [4.78, 5) is 17.7. The topological polar surface area (TPSA) is 41.9 Å². The summed E-state index contributed by atoms with van der Waals surface area (Å²) >= 11 is 0. The van der Waals surface area contributed by atoms with Crippen LogP contribution in [0.25, 0.3) is 67.5 Å². The van der Waals surface area contributed by atoms with Crippen molar-refractivity contribution in [2.75, 3.05) is 4.90 Å². The third-order valence-electron chi connectivity index (χ3n) is 12.5. The monoisotopic (exact) mass is 790 g/mol. The maximum atomic E-state index is 5.15. The average molecular weight is 791 g/mol. The Labute approximate surface area is 361 Å². The van der Waals surface area contributed by atoms with Crippen molar-refractivity contribution < 1.29 is 0 Å². The molecule has 9 aromatic carbocycles. The Bertz CT molecular complexity index is 3240. The predicted molar refractivity (Wildman–Crippen MR) is 253 cm³/mol. The van der Waals surface area contributed by atoms with E-state index in [4.69, 9.17) is 15.0 Å². The Morgan fingerprint density at radius 1 is 0.274 bits per heavy atom. The van der Waals surface area contributed by atoms with Gasteiger partial charge >= 0.3 is 0 Å². The van der Waals surface area contributed by atoms with Crippen LogP contribution >= 0.6 is 0 Å². The molecule has 0 fully saturated rings. The summed E-state index contributed by atoms with van der Waals surface area (Å²) in [6, 6.07) is 82.4. The number of benzene rings is 9. The van der Waals surface area contributed by atoms with Gasteiger partial charge in [-0.2, -0.15) is 0 Å². The first-order chi connectivity index (χ1) is 30.7. The largest absolute Gasteiger partial charge is 0.310 e. The van der Waals surface area contributed by atoms with Gasteiger partial charge in [0.2, 0.25) is 0 Å². The zero-order valence-electron chi connectivity index (χ0n) is 33.7. The molecule has 0 bridgehead atoms. The SMILES string of the molecule is c1ccc(-c2ccc(-c3nc(-c4ccccc4)nc(-c4cccc(-c5ccc6c(c5)C5(c7ccccc7-c7ccccc75)c5ccccc5N6c5ccccc5)c4)n3)cc2)cc1. The minimum absolute atomic E-state index is 0.540. The lowest BCUT2D eigenvalue weighted by molar-refractivity contribution is 0.753. The Morgan fingerprint density at radius 3 is 1.35 bits per heavy atom. The highest BCUT2D eigenvalue weighted by Crippen LogP contribution is 2.63. The summed E-state index contributed by atoms with van der Waals surface area (Å²) in [6.45, 7) is 0. The molecule has 290 valence electrons. The van der Waals surface area contributed by atoms with Crippen molar-refractivity contribution in [3.8, 4) is 67.5 Å². The molecule has 0 atom stereocenters. The van der Waals surface area contributed by atoms with Crippen molar-refractivity contribution in [1.82, 2.24) is 15.0 Å². The van der Waals surface area contributed by atoms with E-state index in [2.05, 4.69) is 211 Å². The molecule has 4 heteroatoms. The van der Waals surface area contributed by atoms with Crippen molar-refractivity contribution in [3.63, 3.8) is 0 Å². The first-order valence-corrected chi connectivity index (χ1v) is 21.1. The molecule has 0 saturated carbocycles. The van der Waals surface area contributed by atoms with Crippen LogP contribution in [0.15, 0.2) is 231 Å². The minimum Gasteiger partial charge on any atom is -0.310 e. The third-order valence-corrected chi connectivity index (χ3v) is 12.5. The van der Waals surface area contributed by atoms with Crippen molar-refractivity contribution in [1.29, 1.82) is 0 Å². The van der Waals surface area contributed by atoms with E-state index in [9.17, 15) is 0 Å². The van der Waals surface area contributed by atoms with E-state index in [1.165, 1.54) is 44.6 Å². The van der Waals surface area contributed by atoms with Gasteiger partial charge < -0.3 is 4.90 Å². The Hall–Kier alpha value is -8.21. The molecular weight excluding hydrogens is 753 g/mol. The van der Waals surface area contributed by atoms with Crippen LogP contribution in [-0.2, 0) is 5.41 Å². The smallest absolute Gasteiger partial charge is 0.164 e. The van der Waals surface area contributed by atoms with Crippen LogP contribution in [0.4, 0.5) is 17.1 Å². The number of rotatable bonds is 6. The lowest BCUT2D eigenvalue weighted by atomic mass is 9.64. The molecule has 12 rings (SSSR count). The molecule has 1 aliphatic heterocycles. The Morgan fingerprint density at radius 2 is 0.694 bits per heavy atom. The van der Waals surface area contributed by atoms with E-state index in [0.717, 1.165) is 44.8 Å². The van der Waals surface area contributed by atoms with Crippen LogP contribution in [0, 0.1) is 0 Å². The molecular formula is C58H38N4. The summed E-state index contributed by atoms with van der Waals surface area (Å²) in [5.41, 5.74) is 17.9. The molecule has 10 aromatic rings. The molecule has 0 N–H and O–H groups in total. The molecule has 0 saturated heterocycles. The first-order valence-electron chi connectivity index (χ1n) is 21.1. The highest BCUT2D eigenvalue weighted by Gasteiger charge is 2.51. The zero-order valence-corrected chi connectivity index (χ0v) is 33.7. The molecule has 62 heavy (non-hydrogen) atoms. The van der Waals surface area contributed by atoms with Crippen LogP contribution in [0.3, 0.4) is 0 Å². The molecule has 1 aromatic heterocycles. The van der Waals surface area contributed by atoms with Gasteiger partial charge in [0, 0.05) is 22.4 Å². The fourth-order valence-corrected chi connectivity index (χ4v) is 9.77. The first kappa shape index (κ1) is 35.7. The minimum atomic E-state index is -0.540. The van der Waals surface area contributed by atoms with Crippen molar-refractivity contribution in [3.05, 3.63) is 253 Å². The number of fused-ring (bicyclic) bond motifs is 9. The number of hydrogen-bond acceptors (Lipinski definition) is 4. The van der Waals surface area contributed by atoms with Crippen molar-refractivity contribution in [2.45, 2.75) is 5.41 Å². The molecule has 0 radical (unpaired) electrons. The molecule has 1 spiro atoms. The van der Waals surface area contributed by atoms with Gasteiger partial charge in [-0.15, -0.1) is 0 Å². The normalized spacial score (nSPS) is 12.9. The van der Waals surface area contributed by atoms with Gasteiger partial charge in [0.05, 0.1) is 16.8 Å². The molecule has 0 unspecified atom stereocenters. The van der Waals surface area contributed by atoms with Gasteiger partial charge in [-0.25, -0.2) is 15.0 Å². The number of nitrogens with zero attached hydrogens (tertiary/aromatic N) is 4. The fraction of sp³-hybridized carbons (Fsp3) is 0.0172. The van der Waals surface area contributed by atoms with E-state index in [1.54, 1.807) is 0 Å². The fourth-order valence-electron chi connectivity index (χ4n) is 9.77. The second kappa shape index (κ2) is 14.5. The lowest BCUT2D eigenvalue weighted by Gasteiger charge is -2.45. The summed E-state index contributed by atoms with van der Waals surface area (Å²) in [7, 11) is 0. The lowest BCUT2D eigenvalue weighted by Crippen LogP contribution is -2.36. The molecule has 2 aliphatic rings. The number of para-hydroxylation sites is 2. The van der Waals surface area contributed by atoms with E-state index >= 15 is 0 Å². The van der Waals surface area contributed by atoms with Crippen LogP contribution in [0.2, 0.25) is 0 Å². The highest BCUT2D eigenvalue weighted by molar-refractivity contribution is 5.96. The van der Waals surface area contributed by atoms with E-state index in [0.29, 0.717) is 17.5 Å². The van der Waals surface area contributed by atoms with Crippen molar-refractivity contribution >= 4 is 17.1 Å². The van der Waals surface area contributed by atoms with Crippen molar-refractivity contribution in [2.24, 2.45) is 0 Å². The van der Waals surface area contributed by atoms with Gasteiger partial charge in [0.15, 0.2) is 17.5 Å². The molecule has 4 nitrogen and oxygen atoms in total. The van der Waals surface area contributed by atoms with Gasteiger partial charge in [-0.3, -0.25) is 0 Å². The van der Waals surface area contributed by atoms with E-state index in [1.807, 2.05) is 24.3 Å². The van der Waals surface area contributed by atoms with E-state index < -0.39 is 5.41 Å². The second-order valence-corrected chi connectivity index (χ2v) is 16.0. The van der Waals surface area contributed by atoms with Gasteiger partial charge in [-0.05, 0) is 92.0 Å². The maximum absolute atomic E-state index is 5.15. The number of hydrogen-bond donors (Lipinski definition) is 0. The summed E-state index contributed by atoms with van der Waals surface area (Å²) in [6.07, 6.45) is 0. The molecule has 0 amide bonds. The Kier molecular flexibility index (Phi) is 8.36. The van der Waals surface area contributed by atoms with E-state index in [-0.39, 0.29) is 0 Å². The summed E-state index contributed by atoms with van der Waals surface area (Å²) in [5, 5.41) is 0. The highest BCUT2D eigenvalue weighted by atomic mass is 15.2. The third kappa shape index (κ3) is 5.65. The Balaban J connectivity index is 1.03. The summed E-state index contributed by atoms with van der Waals surface area (Å²) < 4.78 is 0. The van der Waals surface area contributed by atoms with Gasteiger partial charge in [0.1, 0.15) is 0 Å². The number of anilines is 3. The van der Waals surface area contributed by atoms with Gasteiger partial charge in [-0.1, -0.05) is 194 Å². The van der Waals surface area contributed by atoms with Crippen LogP contribution < -0.4 is 4.90 Å². The zero-order chi connectivity index (χ0) is 41.0. The quantitative estimate of drug-likeness (QED) is 0.168. The summed E-state index contributed by atoms with van der Waals surface area (Å²) in [5.74, 6) is 1.89. The number of aromatic nitrogens is 3. The average Bonchev–Trinajstić information content (AvgIpc) is 3.65. The maximum Gasteiger partial charge on any atom is 0.164 e. The second-order valence-electron chi connectivity index (χ2n) is 16.0. The predicted octanol–water partition coefficient (Wildman–Crippen LogP) is 14.4. The van der Waals surface area contributed by atoms with Crippen LogP contribution in [0.1, 0.15) is 22.3 Å². The standard InChI is InChI=1S/C58H38N4/c1-4-17-39(18-5-1)40-31-33-42(34-32-40)56-59-55(41-19-6-2-7-20-41)60-57(61-56)45-22-16-21-43(37-45)44-35-36-54-52(38-44)58(49-27-12-10-25-47(49)48-26-11-13-28-50(48)58)51-29-14-15-30-53(51)62(54)46-23-8-3-9-24-46/h1-38H. The molecule has 2 heterocycles. The van der Waals surface area contributed by atoms with Crippen LogP contribution in [-0.4, -0.2) is 15.0 Å². The van der Waals surface area contributed by atoms with Crippen LogP contribution in [0.5, 0.6) is 0 Å².